The van der Waals surface area contributed by atoms with E-state index in [1.54, 1.807) is 0 Å². The van der Waals surface area contributed by atoms with Crippen molar-refractivity contribution in [1.82, 2.24) is 14.9 Å². The summed E-state index contributed by atoms with van der Waals surface area (Å²) in [5.41, 5.74) is 1.71. The molecule has 112 valence electrons. The van der Waals surface area contributed by atoms with E-state index >= 15 is 0 Å². The third-order valence-corrected chi connectivity index (χ3v) is 4.61. The Labute approximate surface area is 125 Å². The lowest BCUT2D eigenvalue weighted by molar-refractivity contribution is -0.124. The van der Waals surface area contributed by atoms with E-state index in [0.29, 0.717) is 0 Å². The first kappa shape index (κ1) is 14.1. The molecule has 1 aromatic heterocycles. The van der Waals surface area contributed by atoms with Gasteiger partial charge in [-0.25, -0.2) is 4.98 Å². The average Bonchev–Trinajstić information content (AvgIpc) is 2.90. The molecule has 1 heterocycles. The Bertz CT molecular complexity index is 712. The van der Waals surface area contributed by atoms with Crippen LogP contribution in [-0.2, 0) is 17.4 Å². The molecule has 1 atom stereocenters. The van der Waals surface area contributed by atoms with Gasteiger partial charge >= 0.3 is 0 Å². The first-order valence-electron chi connectivity index (χ1n) is 7.46. The number of imidazole rings is 1. The van der Waals surface area contributed by atoms with Gasteiger partial charge in [0, 0.05) is 13.0 Å². The van der Waals surface area contributed by atoms with Crippen LogP contribution in [0.15, 0.2) is 24.3 Å². The van der Waals surface area contributed by atoms with E-state index in [0.717, 1.165) is 23.3 Å². The minimum Gasteiger partial charge on any atom is -0.344 e. The molecule has 0 aliphatic heterocycles. The number of amides is 1. The standard InChI is InChI=1S/C17H23N3O/c1-16(2)10-11(16)14(21)19-17(3,4)15-18-12-8-6-7-9-13(12)20(15)5/h6-9,11H,10H2,1-5H3,(H,19,21)/t11-/m1/s1. The van der Waals surface area contributed by atoms with Crippen molar-refractivity contribution >= 4 is 16.9 Å². The fourth-order valence-electron chi connectivity index (χ4n) is 3.07. The largest absolute Gasteiger partial charge is 0.344 e. The number of para-hydroxylation sites is 2. The molecule has 1 aliphatic rings. The van der Waals surface area contributed by atoms with E-state index in [1.165, 1.54) is 0 Å². The smallest absolute Gasteiger partial charge is 0.224 e. The molecule has 4 nitrogen and oxygen atoms in total. The van der Waals surface area contributed by atoms with Gasteiger partial charge in [0.05, 0.1) is 16.6 Å². The van der Waals surface area contributed by atoms with E-state index in [1.807, 2.05) is 45.2 Å². The molecule has 0 bridgehead atoms. The lowest BCUT2D eigenvalue weighted by Crippen LogP contribution is -2.44. The minimum atomic E-state index is -0.483. The van der Waals surface area contributed by atoms with Gasteiger partial charge in [-0.15, -0.1) is 0 Å². The van der Waals surface area contributed by atoms with E-state index in [9.17, 15) is 4.79 Å². The molecule has 1 N–H and O–H groups in total. The molecule has 0 unspecified atom stereocenters. The molecule has 4 heteroatoms. The van der Waals surface area contributed by atoms with E-state index in [2.05, 4.69) is 23.7 Å². The number of nitrogens with zero attached hydrogens (tertiary/aromatic N) is 2. The molecule has 0 spiro atoms. The van der Waals surface area contributed by atoms with Crippen molar-refractivity contribution in [3.05, 3.63) is 30.1 Å². The zero-order chi connectivity index (χ0) is 15.4. The molecule has 1 aliphatic carbocycles. The van der Waals surface area contributed by atoms with Gasteiger partial charge in [0.25, 0.3) is 0 Å². The quantitative estimate of drug-likeness (QED) is 0.942. The van der Waals surface area contributed by atoms with Crippen LogP contribution in [0, 0.1) is 11.3 Å². The van der Waals surface area contributed by atoms with Gasteiger partial charge in [0.15, 0.2) is 0 Å². The van der Waals surface area contributed by atoms with Crippen LogP contribution in [0.5, 0.6) is 0 Å². The Balaban J connectivity index is 1.89. The highest BCUT2D eigenvalue weighted by Crippen LogP contribution is 2.51. The monoisotopic (exact) mass is 285 g/mol. The highest BCUT2D eigenvalue weighted by molar-refractivity contribution is 5.83. The maximum atomic E-state index is 12.4. The van der Waals surface area contributed by atoms with E-state index in [4.69, 9.17) is 4.98 Å². The zero-order valence-corrected chi connectivity index (χ0v) is 13.4. The van der Waals surface area contributed by atoms with Crippen molar-refractivity contribution in [2.24, 2.45) is 18.4 Å². The van der Waals surface area contributed by atoms with Crippen LogP contribution in [0.1, 0.15) is 39.9 Å². The van der Waals surface area contributed by atoms with Crippen molar-refractivity contribution in [2.75, 3.05) is 0 Å². The van der Waals surface area contributed by atoms with Crippen LogP contribution >= 0.6 is 0 Å². The number of aryl methyl sites for hydroxylation is 1. The van der Waals surface area contributed by atoms with Crippen molar-refractivity contribution < 1.29 is 4.79 Å². The number of fused-ring (bicyclic) bond motifs is 1. The number of rotatable bonds is 3. The summed E-state index contributed by atoms with van der Waals surface area (Å²) in [5, 5.41) is 3.17. The Hall–Kier alpha value is -1.84. The fourth-order valence-corrected chi connectivity index (χ4v) is 3.07. The zero-order valence-electron chi connectivity index (χ0n) is 13.4. The average molecular weight is 285 g/mol. The summed E-state index contributed by atoms with van der Waals surface area (Å²) < 4.78 is 2.06. The summed E-state index contributed by atoms with van der Waals surface area (Å²) in [7, 11) is 2.00. The maximum absolute atomic E-state index is 12.4. The summed E-state index contributed by atoms with van der Waals surface area (Å²) in [5.74, 6) is 1.15. The fraction of sp³-hybridized carbons (Fsp3) is 0.529. The number of hydrogen-bond donors (Lipinski definition) is 1. The molecule has 0 radical (unpaired) electrons. The van der Waals surface area contributed by atoms with Crippen molar-refractivity contribution in [2.45, 2.75) is 39.7 Å². The lowest BCUT2D eigenvalue weighted by atomic mass is 10.0. The predicted octanol–water partition coefficient (Wildman–Crippen LogP) is 2.97. The van der Waals surface area contributed by atoms with Gasteiger partial charge in [0.2, 0.25) is 5.91 Å². The third kappa shape index (κ3) is 2.33. The van der Waals surface area contributed by atoms with Crippen LogP contribution in [-0.4, -0.2) is 15.5 Å². The van der Waals surface area contributed by atoms with Crippen LogP contribution in [0.2, 0.25) is 0 Å². The number of hydrogen-bond acceptors (Lipinski definition) is 2. The van der Waals surface area contributed by atoms with E-state index in [-0.39, 0.29) is 17.2 Å². The van der Waals surface area contributed by atoms with Gasteiger partial charge in [-0.2, -0.15) is 0 Å². The second-order valence-electron chi connectivity index (χ2n) is 7.34. The van der Waals surface area contributed by atoms with Crippen molar-refractivity contribution in [3.63, 3.8) is 0 Å². The highest BCUT2D eigenvalue weighted by atomic mass is 16.2. The molecule has 1 amide bonds. The normalized spacial score (nSPS) is 20.5. The molecule has 2 aromatic rings. The third-order valence-electron chi connectivity index (χ3n) is 4.61. The van der Waals surface area contributed by atoms with Gasteiger partial charge in [-0.05, 0) is 37.8 Å². The second kappa shape index (κ2) is 4.33. The SMILES string of the molecule is Cn1c(C(C)(C)NC(=O)[C@H]2CC2(C)C)nc2ccccc21. The highest BCUT2D eigenvalue weighted by Gasteiger charge is 2.51. The molecular formula is C17H23N3O. The summed E-state index contributed by atoms with van der Waals surface area (Å²) in [6.07, 6.45) is 0.970. The lowest BCUT2D eigenvalue weighted by Gasteiger charge is -2.26. The molecule has 1 aromatic carbocycles. The Kier molecular flexibility index (Phi) is 2.91. The maximum Gasteiger partial charge on any atom is 0.224 e. The Morgan fingerprint density at radius 3 is 2.57 bits per heavy atom. The van der Waals surface area contributed by atoms with Gasteiger partial charge < -0.3 is 9.88 Å². The first-order chi connectivity index (χ1) is 9.72. The summed E-state index contributed by atoms with van der Waals surface area (Å²) in [6, 6.07) is 8.04. The van der Waals surface area contributed by atoms with Gasteiger partial charge in [0.1, 0.15) is 5.82 Å². The van der Waals surface area contributed by atoms with Crippen LogP contribution < -0.4 is 5.32 Å². The second-order valence-corrected chi connectivity index (χ2v) is 7.34. The minimum absolute atomic E-state index is 0.131. The summed E-state index contributed by atoms with van der Waals surface area (Å²) in [6.45, 7) is 8.31. The number of nitrogens with one attached hydrogen (secondary N) is 1. The topological polar surface area (TPSA) is 46.9 Å². The van der Waals surface area contributed by atoms with Gasteiger partial charge in [-0.1, -0.05) is 26.0 Å². The van der Waals surface area contributed by atoms with Crippen LogP contribution in [0.25, 0.3) is 11.0 Å². The molecular weight excluding hydrogens is 262 g/mol. The Morgan fingerprint density at radius 1 is 1.38 bits per heavy atom. The first-order valence-corrected chi connectivity index (χ1v) is 7.46. The van der Waals surface area contributed by atoms with Crippen LogP contribution in [0.4, 0.5) is 0 Å². The number of carbonyl (C=O) groups is 1. The predicted molar refractivity (Wildman–Crippen MR) is 83.8 cm³/mol. The van der Waals surface area contributed by atoms with Crippen molar-refractivity contribution in [3.8, 4) is 0 Å². The number of aromatic nitrogens is 2. The van der Waals surface area contributed by atoms with Crippen molar-refractivity contribution in [1.29, 1.82) is 0 Å². The van der Waals surface area contributed by atoms with Gasteiger partial charge in [-0.3, -0.25) is 4.79 Å². The van der Waals surface area contributed by atoms with Crippen LogP contribution in [0.3, 0.4) is 0 Å². The molecule has 0 saturated heterocycles. The molecule has 3 rings (SSSR count). The Morgan fingerprint density at radius 2 is 2.00 bits per heavy atom. The number of carbonyl (C=O) groups excluding carboxylic acids is 1. The molecule has 1 saturated carbocycles. The van der Waals surface area contributed by atoms with E-state index < -0.39 is 5.54 Å². The summed E-state index contributed by atoms with van der Waals surface area (Å²) >= 11 is 0. The molecule has 1 fully saturated rings. The molecule has 21 heavy (non-hydrogen) atoms. The summed E-state index contributed by atoms with van der Waals surface area (Å²) in [4.78, 5) is 17.1. The number of benzene rings is 1.